The molecule has 82 heavy (non-hydrogen) atoms. The first-order valence-electron chi connectivity index (χ1n) is 21.3. The van der Waals surface area contributed by atoms with Gasteiger partial charge in [0.2, 0.25) is 0 Å². The van der Waals surface area contributed by atoms with Crippen molar-refractivity contribution in [2.45, 2.75) is 0 Å². The van der Waals surface area contributed by atoms with Crippen LogP contribution in [0.1, 0.15) is 0 Å². The molecule has 11 aromatic rings. The van der Waals surface area contributed by atoms with Gasteiger partial charge < -0.3 is 29.9 Å². The summed E-state index contributed by atoms with van der Waals surface area (Å²) in [4.78, 5) is 39.7. The Balaban J connectivity index is 0.00000329. The van der Waals surface area contributed by atoms with Gasteiger partial charge in [-0.15, -0.1) is 0 Å². The van der Waals surface area contributed by atoms with Crippen LogP contribution in [0, 0.1) is 0 Å². The first kappa shape index (κ1) is 61.7. The van der Waals surface area contributed by atoms with Gasteiger partial charge in [-0.25, -0.2) is 9.97 Å². The van der Waals surface area contributed by atoms with Crippen LogP contribution in [0.3, 0.4) is 0 Å². The van der Waals surface area contributed by atoms with Crippen LogP contribution in [-0.4, -0.2) is 29.9 Å². The molecule has 5 heterocycles. The summed E-state index contributed by atoms with van der Waals surface area (Å²) in [7, 11) is 0. The predicted octanol–water partition coefficient (Wildman–Crippen LogP) is 26.3. The summed E-state index contributed by atoms with van der Waals surface area (Å²) in [6.45, 7) is 0. The fourth-order valence-electron chi connectivity index (χ4n) is 9.63. The summed E-state index contributed by atoms with van der Waals surface area (Å²) < 4.78 is 8.19. The molecule has 0 saturated heterocycles. The Bertz CT molecular complexity index is 4550. The molecule has 2 aliphatic rings. The molecule has 3 aromatic heterocycles. The summed E-state index contributed by atoms with van der Waals surface area (Å²) in [6.07, 6.45) is 0. The zero-order valence-corrected chi connectivity index (χ0v) is 57.0. The van der Waals surface area contributed by atoms with E-state index in [0.717, 1.165) is 17.4 Å². The third kappa shape index (κ3) is 8.54. The molecule has 0 N–H and O–H groups in total. The van der Waals surface area contributed by atoms with Crippen LogP contribution in [0.15, 0.2) is 0 Å². The summed E-state index contributed by atoms with van der Waals surface area (Å²) >= 11 is 169. The van der Waals surface area contributed by atoms with Crippen LogP contribution in [0.25, 0.3) is 133 Å². The predicted molar refractivity (Wildman–Crippen MR) is 345 cm³/mol. The van der Waals surface area contributed by atoms with E-state index in [1.807, 2.05) is 0 Å². The zero-order chi connectivity index (χ0) is 59.4. The molecule has 8 aromatic carbocycles. The van der Waals surface area contributed by atoms with Gasteiger partial charge in [-0.05, 0) is 0 Å². The monoisotopic (exact) mass is 1590 g/mol. The van der Waals surface area contributed by atoms with Gasteiger partial charge in [-0.3, -0.25) is 0 Å². The summed E-state index contributed by atoms with van der Waals surface area (Å²) in [6, 6.07) is 0. The maximum atomic E-state index is 8.19. The molecule has 2 aliphatic heterocycles. The van der Waals surface area contributed by atoms with Crippen molar-refractivity contribution in [2.75, 3.05) is 0 Å². The van der Waals surface area contributed by atoms with E-state index in [1.165, 1.54) is 0 Å². The van der Waals surface area contributed by atoms with Crippen molar-refractivity contribution >= 4 is 366 Å². The maximum absolute atomic E-state index is 8.19. The van der Waals surface area contributed by atoms with Gasteiger partial charge in [0, 0.05) is 109 Å². The number of aromatic nitrogens is 8. The molecule has 34 heteroatoms. The van der Waals surface area contributed by atoms with Crippen molar-refractivity contribution in [3.8, 4) is 45.6 Å². The molecular formula is C48Cl24N8OV. The molecule has 0 unspecified atom stereocenters. The molecule has 0 radical (unpaired) electrons. The van der Waals surface area contributed by atoms with Crippen molar-refractivity contribution in [2.24, 2.45) is 0 Å². The number of benzene rings is 8. The molecule has 0 spiro atoms. The quantitative estimate of drug-likeness (QED) is 0.108. The standard InChI is InChI=1S/C48Cl24N8.O.V/c49-17-1-2(26(58)34(66)33(65)25(1)57)18(50)10-9(17)41-73-42(10)78-44-13-14(22(54)6-5(21(13)53)29(61)37(69)38(70)30(6)62)46(75-44)80-48-16-15(23(55)7-8(24(16)56)32(64)40(72)39(71)31(7)63)47(76-48)79-45-12-11(43(74-45)77-41)19(51)3-4(20(12)52)28(60)36(68)35(67)27(3)59;;/q-2;;+2. The Morgan fingerprint density at radius 3 is 0.488 bits per heavy atom. The number of hydrogen-bond acceptors (Lipinski definition) is 7. The van der Waals surface area contributed by atoms with Gasteiger partial charge >= 0.3 is 21.0 Å². The van der Waals surface area contributed by atoms with Crippen molar-refractivity contribution in [1.29, 1.82) is 0 Å². The van der Waals surface area contributed by atoms with Crippen LogP contribution >= 0.6 is 278 Å². The van der Waals surface area contributed by atoms with E-state index in [4.69, 9.17) is 322 Å². The van der Waals surface area contributed by atoms with Gasteiger partial charge in [-0.1, -0.05) is 278 Å². The van der Waals surface area contributed by atoms with E-state index in [2.05, 4.69) is 0 Å². The van der Waals surface area contributed by atoms with Gasteiger partial charge in [0.1, 0.15) is 0 Å². The summed E-state index contributed by atoms with van der Waals surface area (Å²) in [5, 5.41) is -3.11. The number of fused-ring (bicyclic) bond motifs is 24. The summed E-state index contributed by atoms with van der Waals surface area (Å²) in [5.74, 6) is -0.931. The molecule has 8 bridgehead atoms. The molecule has 0 amide bonds. The Morgan fingerprint density at radius 2 is 0.329 bits per heavy atom. The van der Waals surface area contributed by atoms with E-state index < -0.39 is 0 Å². The second-order valence-corrected chi connectivity index (χ2v) is 26.1. The fourth-order valence-corrected chi connectivity index (χ4v) is 17.1. The Kier molecular flexibility index (Phi) is 16.7. The minimum atomic E-state index is -0.233. The Labute approximate surface area is 585 Å². The number of nitrogens with zero attached hydrogens (tertiary/aromatic N) is 8. The van der Waals surface area contributed by atoms with E-state index >= 15 is 0 Å². The van der Waals surface area contributed by atoms with E-state index in [9.17, 15) is 0 Å². The van der Waals surface area contributed by atoms with Crippen molar-refractivity contribution in [3.05, 3.63) is 121 Å². The zero-order valence-electron chi connectivity index (χ0n) is 37.5. The van der Waals surface area contributed by atoms with Crippen LogP contribution in [0.5, 0.6) is 0 Å². The van der Waals surface area contributed by atoms with Gasteiger partial charge in [0.25, 0.3) is 0 Å². The minimum absolute atomic E-state index is 0.000684. The Hall–Kier alpha value is -0.496. The van der Waals surface area contributed by atoms with Gasteiger partial charge in [-0.2, -0.15) is 0 Å². The van der Waals surface area contributed by atoms with Crippen molar-refractivity contribution in [3.63, 3.8) is 0 Å². The topological polar surface area (TPSA) is 123 Å². The van der Waals surface area contributed by atoms with E-state index in [0.29, 0.717) is 0 Å². The van der Waals surface area contributed by atoms with E-state index in [1.54, 1.807) is 0 Å². The SMILES string of the molecule is Clc1c(Cl)c(Cl)c2c(Cl)c3c(c(Cl)c2c1Cl)-c1nc-3nc2[n-]c(nc3nc(nc4[n-]c(n1)c1c(Cl)c5c(Cl)c(Cl)c(Cl)c(Cl)c5c(Cl)c41)-c1c-3c(Cl)c3c(Cl)c(Cl)c(Cl)c(Cl)c3c1Cl)c1c(Cl)c3c(Cl)c(Cl)c(Cl)c(Cl)c3c(Cl)c21.[O]=[V+2]. The number of halogens is 24. The third-order valence-corrected chi connectivity index (χ3v) is 23.3. The van der Waals surface area contributed by atoms with E-state index in [-0.39, 0.29) is 253 Å². The first-order valence-corrected chi connectivity index (χ1v) is 30.9. The normalized spacial score (nSPS) is 12.3. The summed E-state index contributed by atoms with van der Waals surface area (Å²) in [5.41, 5.74) is -0.934. The van der Waals surface area contributed by atoms with Crippen LogP contribution in [0.4, 0.5) is 0 Å². The Morgan fingerprint density at radius 1 is 0.183 bits per heavy atom. The molecule has 411 valence electrons. The van der Waals surface area contributed by atoms with Crippen molar-refractivity contribution in [1.82, 2.24) is 39.9 Å². The molecule has 13 rings (SSSR count). The second-order valence-electron chi connectivity index (χ2n) is 17.0. The number of hydrogen-bond donors (Lipinski definition) is 0. The van der Waals surface area contributed by atoms with Gasteiger partial charge in [0.05, 0.1) is 144 Å². The molecule has 0 atom stereocenters. The van der Waals surface area contributed by atoms with Crippen LogP contribution in [0.2, 0.25) is 121 Å². The molecule has 0 saturated carbocycles. The first-order chi connectivity index (χ1) is 38.7. The van der Waals surface area contributed by atoms with Crippen LogP contribution in [-0.2, 0) is 21.0 Å². The molecule has 0 aliphatic carbocycles. The van der Waals surface area contributed by atoms with Crippen LogP contribution < -0.4 is 9.97 Å². The average molecular weight is 1610 g/mol. The second kappa shape index (κ2) is 22.2. The average Bonchev–Trinajstić information content (AvgIpc) is 2.56. The van der Waals surface area contributed by atoms with Crippen molar-refractivity contribution < 1.29 is 21.0 Å². The fraction of sp³-hybridized carbons (Fsp3) is 0. The molecule has 0 fully saturated rings. The number of rotatable bonds is 0. The van der Waals surface area contributed by atoms with Gasteiger partial charge in [0.15, 0.2) is 0 Å². The third-order valence-electron chi connectivity index (χ3n) is 13.1. The molecular weight excluding hydrogens is 1610 g/mol. The molecule has 9 nitrogen and oxygen atoms in total.